The van der Waals surface area contributed by atoms with Crippen LogP contribution in [0, 0.1) is 23.2 Å². The third-order valence-corrected chi connectivity index (χ3v) is 25.5. The first-order valence-corrected chi connectivity index (χ1v) is 46.6. The van der Waals surface area contributed by atoms with E-state index in [1.807, 2.05) is 0 Å². The minimum Gasteiger partial charge on any atom is -0.622 e. The lowest BCUT2D eigenvalue weighted by Crippen LogP contribution is -2.55. The molecule has 0 aromatic carbocycles. The van der Waals surface area contributed by atoms with Crippen molar-refractivity contribution in [1.29, 1.82) is 0 Å². The molecule has 45 heteroatoms. The first-order valence-electron chi connectivity index (χ1n) is 33.7. The van der Waals surface area contributed by atoms with Crippen molar-refractivity contribution in [1.82, 2.24) is 0 Å². The van der Waals surface area contributed by atoms with Gasteiger partial charge in [-0.05, 0) is 76.0 Å². The highest BCUT2D eigenvalue weighted by atomic mass is 32.7. The molecule has 0 saturated carbocycles. The number of rotatable bonds is 65. The molecule has 0 aliphatic carbocycles. The van der Waals surface area contributed by atoms with Crippen LogP contribution in [0.4, 0.5) is 0 Å². The van der Waals surface area contributed by atoms with Gasteiger partial charge in [-0.1, -0.05) is 20.8 Å². The molecule has 3 saturated heterocycles. The zero-order chi connectivity index (χ0) is 75.3. The molecule has 3 fully saturated rings. The Labute approximate surface area is 620 Å². The standard InChI is InChI=1S/C57H115O36P5S4/c1-42-48(61)51(64)45(35-58)91-54(42)81-29-23-71-17-20-74-26-32-87-95(67,99)84-13-5-9-77-38-57(41-80-12-8-16-90-98(70,102)94-4,39-78-10-6-14-85-96(68,100)88-33-27-75-21-18-72-24-30-82-55-43(2)49(62)52(65)46(36-59)92-55)40-79-11-7-15-86-97(69,101)89-34-28-76-22-19-73-25-31-83-56-44(3)50(63)53(66)47(37-60)93-56/h42-56,58-66,94H,5-41H2,1-4H3,(H,67,99)(H,68,100)(H,69,101)(H,70,102)/t42?,43?,44?,45?,46?,47?,48-,49-,50-,51+,52+,53+,54-,55-,56-,57?,95?,96?,97?,98?/m1/s1. The maximum atomic E-state index is 13.0. The Morgan fingerprint density at radius 1 is 0.382 bits per heavy atom. The van der Waals surface area contributed by atoms with Gasteiger partial charge >= 0.3 is 13.4 Å². The second kappa shape index (κ2) is 56.0. The summed E-state index contributed by atoms with van der Waals surface area (Å²) in [5, 5.41) is 89.0. The van der Waals surface area contributed by atoms with Crippen LogP contribution < -0.4 is 4.89 Å². The second-order valence-electron chi connectivity index (χ2n) is 23.6. The summed E-state index contributed by atoms with van der Waals surface area (Å²) >= 11 is 19.7. The fourth-order valence-electron chi connectivity index (χ4n) is 9.46. The molecule has 0 aromatic rings. The summed E-state index contributed by atoms with van der Waals surface area (Å²) in [4.78, 5) is 44.7. The van der Waals surface area contributed by atoms with Crippen molar-refractivity contribution in [2.45, 2.75) is 120 Å². The van der Waals surface area contributed by atoms with Crippen LogP contribution in [0.5, 0.6) is 0 Å². The molecule has 3 heterocycles. The van der Waals surface area contributed by atoms with Crippen molar-refractivity contribution in [3.05, 3.63) is 0 Å². The highest BCUT2D eigenvalue weighted by Crippen LogP contribution is 2.59. The highest BCUT2D eigenvalue weighted by molar-refractivity contribution is 8.46. The largest absolute Gasteiger partial charge is 0.622 e. The van der Waals surface area contributed by atoms with Crippen molar-refractivity contribution in [3.63, 3.8) is 0 Å². The van der Waals surface area contributed by atoms with E-state index in [4.69, 9.17) is 143 Å². The van der Waals surface area contributed by atoms with Gasteiger partial charge in [0.25, 0.3) is 7.15 Å². The zero-order valence-corrected chi connectivity index (χ0v) is 66.4. The van der Waals surface area contributed by atoms with Crippen LogP contribution in [0.15, 0.2) is 0 Å². The first kappa shape index (κ1) is 97.9. The van der Waals surface area contributed by atoms with E-state index in [0.29, 0.717) is 6.42 Å². The summed E-state index contributed by atoms with van der Waals surface area (Å²) in [6.07, 6.45) is -14.2. The molecule has 0 amide bonds. The van der Waals surface area contributed by atoms with E-state index < -0.39 is 144 Å². The van der Waals surface area contributed by atoms with Gasteiger partial charge in [-0.2, -0.15) is 9.05 Å². The van der Waals surface area contributed by atoms with E-state index in [1.54, 1.807) is 27.4 Å². The lowest BCUT2D eigenvalue weighted by atomic mass is 9.92. The Kier molecular flexibility index (Phi) is 53.8. The Bertz CT molecular complexity index is 2160. The highest BCUT2D eigenvalue weighted by Gasteiger charge is 2.45. The Morgan fingerprint density at radius 3 is 0.961 bits per heavy atom. The first-order chi connectivity index (χ1) is 48.7. The zero-order valence-electron chi connectivity index (χ0n) is 58.4. The minimum atomic E-state index is -3.81. The molecule has 102 heavy (non-hydrogen) atoms. The molecule has 0 radical (unpaired) electrons. The van der Waals surface area contributed by atoms with E-state index in [0.717, 1.165) is 0 Å². The molecule has 3 aliphatic heterocycles. The smallest absolute Gasteiger partial charge is 0.324 e. The fraction of sp³-hybridized carbons (Fsp3) is 1.00. The molecule has 3 rings (SSSR count). The maximum Gasteiger partial charge on any atom is 0.324 e. The van der Waals surface area contributed by atoms with Crippen LogP contribution in [0.25, 0.3) is 0 Å². The van der Waals surface area contributed by atoms with E-state index in [9.17, 15) is 65.5 Å². The number of ether oxygens (including phenoxy) is 16. The van der Waals surface area contributed by atoms with Crippen LogP contribution in [0.3, 0.4) is 0 Å². The third kappa shape index (κ3) is 42.0. The summed E-state index contributed by atoms with van der Waals surface area (Å²) in [5.41, 5.74) is -0.974. The average Bonchev–Trinajstić information content (AvgIpc) is 0.821. The molecule has 3 aliphatic rings. The van der Waals surface area contributed by atoms with E-state index >= 15 is 0 Å². The van der Waals surface area contributed by atoms with Gasteiger partial charge in [-0.3, -0.25) is 0 Å². The summed E-state index contributed by atoms with van der Waals surface area (Å²) < 4.78 is 130. The van der Waals surface area contributed by atoms with Gasteiger partial charge in [0, 0.05) is 44.2 Å². The van der Waals surface area contributed by atoms with Gasteiger partial charge < -0.3 is 164 Å². The normalized spacial score (nSPS) is 28.8. The lowest BCUT2D eigenvalue weighted by Gasteiger charge is -2.40. The summed E-state index contributed by atoms with van der Waals surface area (Å²) in [7, 11) is -3.76. The Morgan fingerprint density at radius 2 is 0.647 bits per heavy atom. The number of hydrogen-bond donors (Lipinski definition) is 13. The van der Waals surface area contributed by atoms with Crippen molar-refractivity contribution in [2.75, 3.05) is 225 Å². The molecule has 0 aromatic heterocycles. The van der Waals surface area contributed by atoms with Gasteiger partial charge in [0.05, 0.1) is 221 Å². The van der Waals surface area contributed by atoms with E-state index in [1.165, 1.54) is 0 Å². The van der Waals surface area contributed by atoms with Crippen LogP contribution in [0.1, 0.15) is 46.5 Å². The van der Waals surface area contributed by atoms with Crippen molar-refractivity contribution in [2.24, 2.45) is 23.2 Å². The summed E-state index contributed by atoms with van der Waals surface area (Å²) in [6.45, 7) is 0.679. The molecular formula is C57H115O36P5S4. The van der Waals surface area contributed by atoms with Gasteiger partial charge in [0.15, 0.2) is 18.9 Å². The van der Waals surface area contributed by atoms with E-state index in [2.05, 4.69) is 12.2 Å². The number of aliphatic hydroxyl groups excluding tert-OH is 9. The quantitative estimate of drug-likeness (QED) is 0.0198. The van der Waals surface area contributed by atoms with E-state index in [-0.39, 0.29) is 226 Å². The monoisotopic (exact) mass is 1660 g/mol. The molecule has 608 valence electrons. The van der Waals surface area contributed by atoms with Gasteiger partial charge in [-0.25, -0.2) is 0 Å². The average molecular weight is 1660 g/mol. The Hall–Kier alpha value is 1.72. The number of hydrogen-bond acceptors (Lipinski definition) is 37. The summed E-state index contributed by atoms with van der Waals surface area (Å²) in [5.74, 6) is -1.60. The van der Waals surface area contributed by atoms with Crippen molar-refractivity contribution in [3.8, 4) is 0 Å². The molecule has 20 atom stereocenters. The third-order valence-electron chi connectivity index (χ3n) is 15.3. The predicted octanol–water partition coefficient (Wildman–Crippen LogP) is -0.983. The molecule has 0 bridgehead atoms. The summed E-state index contributed by atoms with van der Waals surface area (Å²) in [6, 6.07) is 0. The molecular weight excluding hydrogens is 1540 g/mol. The molecule has 36 nitrogen and oxygen atoms in total. The maximum absolute atomic E-state index is 13.0. The predicted molar refractivity (Wildman–Crippen MR) is 379 cm³/mol. The van der Waals surface area contributed by atoms with Gasteiger partial charge in [0.2, 0.25) is 6.18 Å². The van der Waals surface area contributed by atoms with Crippen LogP contribution in [0.2, 0.25) is 0 Å². The van der Waals surface area contributed by atoms with Crippen LogP contribution in [-0.4, -0.2) is 359 Å². The molecule has 12 N–H and O–H groups in total. The molecule has 11 unspecified atom stereocenters. The topological polar surface area (TPSA) is 478 Å². The lowest BCUT2D eigenvalue weighted by molar-refractivity contribution is -0.284. The fourth-order valence-corrected chi connectivity index (χ4v) is 14.4. The molecule has 0 spiro atoms. The minimum absolute atomic E-state index is 0.0177. The van der Waals surface area contributed by atoms with Crippen molar-refractivity contribution >= 4 is 82.7 Å². The van der Waals surface area contributed by atoms with Gasteiger partial charge in [0.1, 0.15) is 43.2 Å². The Balaban J connectivity index is 1.45. The van der Waals surface area contributed by atoms with Crippen molar-refractivity contribution < 1.29 is 173 Å². The second-order valence-corrected chi connectivity index (χ2v) is 39.6. The van der Waals surface area contributed by atoms with Gasteiger partial charge in [-0.15, -0.1) is 0 Å². The van der Waals surface area contributed by atoms with Crippen LogP contribution in [-0.2, 0) is 143 Å². The SMILES string of the molecule is CPP(O)(=S)OCCCOCC(COCCCOP(O)(=S)OCCOCCOCCO[C@@H]1OC(CO)[C@H](O)[C@H](O)C1C)(COCCCOP(O)(=S)OCCOCCOCCO[C@@H]1OC(CO)[C@H](O)[C@H](O)C1C)COCCCO[P+]([O-])(S)OCCOCCOCCO[C@@H]1OC(CO)[C@H](O)[C@H](O)C1C. The number of aliphatic hydroxyl groups is 9. The van der Waals surface area contributed by atoms with Crippen LogP contribution >= 0.6 is 47.3 Å². The number of thiol groups is 1.